The Morgan fingerprint density at radius 3 is 2.26 bits per heavy atom. The van der Waals surface area contributed by atoms with Gasteiger partial charge in [-0.3, -0.25) is 4.79 Å². The third-order valence-electron chi connectivity index (χ3n) is 6.93. The second-order valence-electron chi connectivity index (χ2n) is 9.07. The van der Waals surface area contributed by atoms with Gasteiger partial charge < -0.3 is 14.3 Å². The van der Waals surface area contributed by atoms with E-state index in [1.165, 1.54) is 7.11 Å². The Labute approximate surface area is 139 Å². The van der Waals surface area contributed by atoms with Crippen LogP contribution in [0.4, 0.5) is 0 Å². The molecule has 2 bridgehead atoms. The quantitative estimate of drug-likeness (QED) is 0.597. The van der Waals surface area contributed by atoms with Crippen molar-refractivity contribution in [3.05, 3.63) is 0 Å². The van der Waals surface area contributed by atoms with Gasteiger partial charge in [0, 0.05) is 11.8 Å². The van der Waals surface area contributed by atoms with Crippen molar-refractivity contribution in [2.24, 2.45) is 16.7 Å². The van der Waals surface area contributed by atoms with E-state index in [4.69, 9.17) is 0 Å². The number of carbonyl (C=O) groups excluding carboxylic acids is 2. The van der Waals surface area contributed by atoms with Gasteiger partial charge in [-0.2, -0.15) is 0 Å². The number of hydrogen-bond donors (Lipinski definition) is 1. The van der Waals surface area contributed by atoms with Crippen molar-refractivity contribution in [1.82, 2.24) is 0 Å². The van der Waals surface area contributed by atoms with Crippen LogP contribution in [0.2, 0.25) is 0 Å². The van der Waals surface area contributed by atoms with Crippen LogP contribution in [0.3, 0.4) is 0 Å². The Morgan fingerprint density at radius 1 is 1.22 bits per heavy atom. The molecule has 0 aromatic heterocycles. The number of likely N-dealkylation sites (N-methyl/N-ethyl adjacent to an activating group) is 1. The third kappa shape index (κ3) is 2.93. The van der Waals surface area contributed by atoms with Crippen molar-refractivity contribution in [3.8, 4) is 0 Å². The first-order chi connectivity index (χ1) is 10.4. The van der Waals surface area contributed by atoms with Crippen LogP contribution in [-0.2, 0) is 14.3 Å². The molecule has 3 atom stereocenters. The predicted octanol–water partition coefficient (Wildman–Crippen LogP) is 1.77. The minimum Gasteiger partial charge on any atom is -0.465 e. The van der Waals surface area contributed by atoms with Gasteiger partial charge in [-0.25, -0.2) is 4.79 Å². The number of nitrogens with zero attached hydrogens (tertiary/aromatic N) is 1. The van der Waals surface area contributed by atoms with Gasteiger partial charge in [-0.15, -0.1) is 0 Å². The van der Waals surface area contributed by atoms with E-state index in [2.05, 4.69) is 25.5 Å². The monoisotopic (exact) mass is 326 g/mol. The van der Waals surface area contributed by atoms with Crippen LogP contribution in [0.1, 0.15) is 46.5 Å². The van der Waals surface area contributed by atoms with Gasteiger partial charge in [-0.1, -0.05) is 20.8 Å². The molecule has 5 heteroatoms. The zero-order valence-corrected chi connectivity index (χ0v) is 15.4. The molecule has 0 spiro atoms. The number of aliphatic hydroxyl groups is 1. The van der Waals surface area contributed by atoms with E-state index in [1.54, 1.807) is 0 Å². The van der Waals surface area contributed by atoms with E-state index in [9.17, 15) is 14.7 Å². The Bertz CT molecular complexity index is 513. The number of methoxy groups -OCH3 is 1. The summed E-state index contributed by atoms with van der Waals surface area (Å²) in [5.41, 5.74) is -1.06. The number of Topliss-reactive ketones (excluding diaryl/α,β-unsaturated/α-hetero) is 1. The van der Waals surface area contributed by atoms with Crippen LogP contribution in [0.15, 0.2) is 0 Å². The maximum Gasteiger partial charge on any atom is 0.361 e. The molecule has 0 aromatic rings. The average molecular weight is 326 g/mol. The molecule has 0 saturated heterocycles. The highest BCUT2D eigenvalue weighted by molar-refractivity contribution is 5.81. The molecule has 0 aromatic carbocycles. The fraction of sp³-hybridized carbons (Fsp3) is 0.889. The van der Waals surface area contributed by atoms with Gasteiger partial charge >= 0.3 is 5.97 Å². The smallest absolute Gasteiger partial charge is 0.361 e. The first-order valence-electron chi connectivity index (χ1n) is 8.50. The maximum atomic E-state index is 12.6. The molecule has 23 heavy (non-hydrogen) atoms. The average Bonchev–Trinajstić information content (AvgIpc) is 2.68. The van der Waals surface area contributed by atoms with Crippen LogP contribution in [0.25, 0.3) is 0 Å². The fourth-order valence-corrected chi connectivity index (χ4v) is 5.02. The summed E-state index contributed by atoms with van der Waals surface area (Å²) < 4.78 is 4.94. The topological polar surface area (TPSA) is 63.6 Å². The number of quaternary nitrogens is 1. The second-order valence-corrected chi connectivity index (χ2v) is 9.07. The van der Waals surface area contributed by atoms with Crippen LogP contribution in [-0.4, -0.2) is 61.2 Å². The van der Waals surface area contributed by atoms with Crippen molar-refractivity contribution in [2.75, 3.05) is 34.3 Å². The number of rotatable bonds is 6. The Balaban J connectivity index is 2.05. The molecule has 0 aliphatic heterocycles. The summed E-state index contributed by atoms with van der Waals surface area (Å²) in [7, 11) is 5.03. The number of ketones is 1. The number of fused-ring (bicyclic) bond motifs is 2. The molecule has 2 fully saturated rings. The summed E-state index contributed by atoms with van der Waals surface area (Å²) in [4.78, 5) is 24.0. The Kier molecular flexibility index (Phi) is 4.44. The lowest BCUT2D eigenvalue weighted by molar-refractivity contribution is -0.875. The third-order valence-corrected chi connectivity index (χ3v) is 6.93. The molecule has 2 aliphatic carbocycles. The fourth-order valence-electron chi connectivity index (χ4n) is 5.02. The van der Waals surface area contributed by atoms with Crippen LogP contribution >= 0.6 is 0 Å². The number of esters is 1. The molecule has 1 N–H and O–H groups in total. The van der Waals surface area contributed by atoms with Gasteiger partial charge in [0.15, 0.2) is 12.3 Å². The molecule has 132 valence electrons. The first-order valence-corrected chi connectivity index (χ1v) is 8.50. The lowest BCUT2D eigenvalue weighted by Gasteiger charge is -2.45. The molecule has 2 rings (SSSR count). The Morgan fingerprint density at radius 2 is 1.83 bits per heavy atom. The highest BCUT2D eigenvalue weighted by Crippen LogP contribution is 2.70. The predicted molar refractivity (Wildman–Crippen MR) is 87.7 cm³/mol. The van der Waals surface area contributed by atoms with Gasteiger partial charge in [0.25, 0.3) is 0 Å². The molecule has 5 nitrogen and oxygen atoms in total. The summed E-state index contributed by atoms with van der Waals surface area (Å²) in [6.07, 6.45) is 3.03. The van der Waals surface area contributed by atoms with E-state index >= 15 is 0 Å². The second kappa shape index (κ2) is 5.55. The van der Waals surface area contributed by atoms with Crippen molar-refractivity contribution in [3.63, 3.8) is 0 Å². The molecular formula is C18H32NO4+. The van der Waals surface area contributed by atoms with E-state index in [0.717, 1.165) is 12.8 Å². The van der Waals surface area contributed by atoms with Gasteiger partial charge in [0.2, 0.25) is 0 Å². The largest absolute Gasteiger partial charge is 0.465 e. The molecule has 2 unspecified atom stereocenters. The first kappa shape index (κ1) is 18.4. The van der Waals surface area contributed by atoms with Crippen LogP contribution < -0.4 is 0 Å². The number of ether oxygens (including phenoxy) is 1. The molecule has 0 radical (unpaired) electrons. The van der Waals surface area contributed by atoms with Gasteiger partial charge in [-0.05, 0) is 30.6 Å². The van der Waals surface area contributed by atoms with Crippen molar-refractivity contribution in [2.45, 2.75) is 52.1 Å². The summed E-state index contributed by atoms with van der Waals surface area (Å²) in [6.45, 7) is 6.99. The molecule has 0 amide bonds. The van der Waals surface area contributed by atoms with Gasteiger partial charge in [0.1, 0.15) is 6.54 Å². The van der Waals surface area contributed by atoms with Crippen molar-refractivity contribution >= 4 is 11.8 Å². The summed E-state index contributed by atoms with van der Waals surface area (Å²) >= 11 is 0. The summed E-state index contributed by atoms with van der Waals surface area (Å²) in [6, 6.07) is 0. The van der Waals surface area contributed by atoms with Crippen LogP contribution in [0.5, 0.6) is 0 Å². The summed E-state index contributed by atoms with van der Waals surface area (Å²) in [5.74, 6) is 0.184. The van der Waals surface area contributed by atoms with E-state index < -0.39 is 5.60 Å². The standard InChI is InChI=1S/C18H32NO4/c1-16(2)13-7-8-17(16,3)18(22,9-13)10-14(20)11-19(4,5)12-15(21)23-6/h13,22H,7-12H2,1-6H3/q+1/t13?,17?,18-/m0/s1. The molecule has 2 saturated carbocycles. The highest BCUT2D eigenvalue weighted by Gasteiger charge is 2.68. The van der Waals surface area contributed by atoms with Crippen molar-refractivity contribution < 1.29 is 23.9 Å². The lowest BCUT2D eigenvalue weighted by atomic mass is 9.63. The Hall–Kier alpha value is -0.940. The van der Waals surface area contributed by atoms with Gasteiger partial charge in [0.05, 0.1) is 26.8 Å². The molecule has 2 aliphatic rings. The highest BCUT2D eigenvalue weighted by atomic mass is 16.5. The maximum absolute atomic E-state index is 12.6. The van der Waals surface area contributed by atoms with E-state index in [1.807, 2.05) is 14.1 Å². The normalized spacial score (nSPS) is 35.3. The zero-order valence-electron chi connectivity index (χ0n) is 15.4. The number of carbonyl (C=O) groups is 2. The SMILES string of the molecule is COC(=O)C[N+](C)(C)CC(=O)C[C@@]1(O)CC2CCC1(C)C2(C)C. The summed E-state index contributed by atoms with van der Waals surface area (Å²) in [5, 5.41) is 11.3. The number of hydrogen-bond acceptors (Lipinski definition) is 4. The van der Waals surface area contributed by atoms with E-state index in [-0.39, 0.29) is 46.6 Å². The van der Waals surface area contributed by atoms with Crippen molar-refractivity contribution in [1.29, 1.82) is 0 Å². The lowest BCUT2D eigenvalue weighted by Crippen LogP contribution is -2.52. The van der Waals surface area contributed by atoms with E-state index in [0.29, 0.717) is 12.3 Å². The van der Waals surface area contributed by atoms with Crippen LogP contribution in [0, 0.1) is 16.7 Å². The minimum atomic E-state index is -0.915. The zero-order chi connectivity index (χ0) is 17.7. The minimum absolute atomic E-state index is 0.0194. The molecular weight excluding hydrogens is 294 g/mol. The molecule has 0 heterocycles.